The van der Waals surface area contributed by atoms with Crippen LogP contribution in [0, 0.1) is 5.92 Å². The van der Waals surface area contributed by atoms with Gasteiger partial charge in [0.2, 0.25) is 0 Å². The minimum absolute atomic E-state index is 0.259. The van der Waals surface area contributed by atoms with Crippen molar-refractivity contribution in [3.05, 3.63) is 28.8 Å². The second-order valence-electron chi connectivity index (χ2n) is 6.29. The third-order valence-electron chi connectivity index (χ3n) is 4.79. The first kappa shape index (κ1) is 14.2. The fourth-order valence-electron chi connectivity index (χ4n) is 3.52. The van der Waals surface area contributed by atoms with E-state index in [-0.39, 0.29) is 6.10 Å². The summed E-state index contributed by atoms with van der Waals surface area (Å²) in [6.45, 7) is 3.26. The van der Waals surface area contributed by atoms with Gasteiger partial charge >= 0.3 is 0 Å². The Balaban J connectivity index is 1.48. The summed E-state index contributed by atoms with van der Waals surface area (Å²) < 4.78 is 5.98. The Morgan fingerprint density at radius 1 is 1.30 bits per heavy atom. The van der Waals surface area contributed by atoms with Gasteiger partial charge in [0.1, 0.15) is 11.9 Å². The molecule has 0 aromatic heterocycles. The molecule has 0 saturated heterocycles. The van der Waals surface area contributed by atoms with Crippen LogP contribution in [0.4, 0.5) is 0 Å². The molecule has 1 saturated carbocycles. The van der Waals surface area contributed by atoms with Gasteiger partial charge in [-0.3, -0.25) is 0 Å². The number of hydrogen-bond donors (Lipinski definition) is 1. The van der Waals surface area contributed by atoms with Crippen molar-refractivity contribution in [2.75, 3.05) is 6.54 Å². The first-order valence-electron chi connectivity index (χ1n) is 7.91. The van der Waals surface area contributed by atoms with Crippen LogP contribution < -0.4 is 10.1 Å². The number of benzene rings is 1. The molecule has 0 spiro atoms. The minimum Gasteiger partial charge on any atom is -0.488 e. The number of nitrogens with one attached hydrogen (secondary N) is 1. The standard InChI is InChI=1S/C17H24ClNO/c1-12(13-5-3-2-4-6-13)19-11-16-10-14-9-15(18)7-8-17(14)20-16/h7-9,12-13,16,19H,2-6,10-11H2,1H3. The molecule has 20 heavy (non-hydrogen) atoms. The van der Waals surface area contributed by atoms with E-state index in [0.717, 1.165) is 29.7 Å². The SMILES string of the molecule is CC(NCC1Cc2cc(Cl)ccc2O1)C1CCCCC1. The molecule has 1 heterocycles. The molecule has 2 unspecified atom stereocenters. The maximum absolute atomic E-state index is 6.03. The number of hydrogen-bond acceptors (Lipinski definition) is 2. The van der Waals surface area contributed by atoms with Crippen LogP contribution in [0.3, 0.4) is 0 Å². The number of ether oxygens (including phenoxy) is 1. The fraction of sp³-hybridized carbons (Fsp3) is 0.647. The van der Waals surface area contributed by atoms with Gasteiger partial charge in [-0.15, -0.1) is 0 Å². The van der Waals surface area contributed by atoms with Gasteiger partial charge in [-0.25, -0.2) is 0 Å². The molecule has 0 radical (unpaired) electrons. The molecule has 0 amide bonds. The maximum atomic E-state index is 6.03. The lowest BCUT2D eigenvalue weighted by Gasteiger charge is -2.29. The number of fused-ring (bicyclic) bond motifs is 1. The van der Waals surface area contributed by atoms with Crippen molar-refractivity contribution < 1.29 is 4.74 Å². The first-order chi connectivity index (χ1) is 9.72. The number of rotatable bonds is 4. The summed E-state index contributed by atoms with van der Waals surface area (Å²) >= 11 is 6.03. The summed E-state index contributed by atoms with van der Waals surface area (Å²) in [5.74, 6) is 1.86. The summed E-state index contributed by atoms with van der Waals surface area (Å²) in [7, 11) is 0. The van der Waals surface area contributed by atoms with Gasteiger partial charge in [-0.1, -0.05) is 30.9 Å². The summed E-state index contributed by atoms with van der Waals surface area (Å²) in [5.41, 5.74) is 1.25. The van der Waals surface area contributed by atoms with Crippen molar-refractivity contribution in [3.63, 3.8) is 0 Å². The normalized spacial score (nSPS) is 24.2. The molecule has 2 atom stereocenters. The van der Waals surface area contributed by atoms with Crippen LogP contribution in [0.5, 0.6) is 5.75 Å². The summed E-state index contributed by atoms with van der Waals surface area (Å²) in [5, 5.41) is 4.49. The van der Waals surface area contributed by atoms with Crippen LogP contribution in [0.1, 0.15) is 44.6 Å². The highest BCUT2D eigenvalue weighted by Gasteiger charge is 2.25. The topological polar surface area (TPSA) is 21.3 Å². The molecule has 1 aliphatic heterocycles. The molecule has 1 fully saturated rings. The van der Waals surface area contributed by atoms with Crippen molar-refractivity contribution in [1.29, 1.82) is 0 Å². The van der Waals surface area contributed by atoms with Gasteiger partial charge in [0.15, 0.2) is 0 Å². The van der Waals surface area contributed by atoms with E-state index in [9.17, 15) is 0 Å². The lowest BCUT2D eigenvalue weighted by atomic mass is 9.84. The average molecular weight is 294 g/mol. The lowest BCUT2D eigenvalue weighted by molar-refractivity contribution is 0.204. The van der Waals surface area contributed by atoms with Gasteiger partial charge in [0.05, 0.1) is 0 Å². The Hall–Kier alpha value is -0.730. The van der Waals surface area contributed by atoms with Crippen LogP contribution in [-0.4, -0.2) is 18.7 Å². The van der Waals surface area contributed by atoms with E-state index in [0.29, 0.717) is 6.04 Å². The summed E-state index contributed by atoms with van der Waals surface area (Å²) in [6.07, 6.45) is 8.23. The summed E-state index contributed by atoms with van der Waals surface area (Å²) in [4.78, 5) is 0. The van der Waals surface area contributed by atoms with Crippen molar-refractivity contribution in [2.24, 2.45) is 5.92 Å². The molecule has 2 aliphatic rings. The van der Waals surface area contributed by atoms with Gasteiger partial charge in [-0.05, 0) is 49.4 Å². The van der Waals surface area contributed by atoms with Crippen LogP contribution >= 0.6 is 11.6 Å². The minimum atomic E-state index is 0.259. The average Bonchev–Trinajstić information content (AvgIpc) is 2.87. The Kier molecular flexibility index (Phi) is 4.52. The van der Waals surface area contributed by atoms with Crippen molar-refractivity contribution >= 4 is 11.6 Å². The molecule has 3 heteroatoms. The Labute approximate surface area is 126 Å². The van der Waals surface area contributed by atoms with Crippen LogP contribution in [0.25, 0.3) is 0 Å². The second kappa shape index (κ2) is 6.36. The van der Waals surface area contributed by atoms with Crippen LogP contribution in [0.2, 0.25) is 5.02 Å². The molecule has 110 valence electrons. The molecule has 1 aromatic carbocycles. The van der Waals surface area contributed by atoms with Crippen molar-refractivity contribution in [2.45, 2.75) is 57.6 Å². The summed E-state index contributed by atoms with van der Waals surface area (Å²) in [6, 6.07) is 6.52. The van der Waals surface area contributed by atoms with Gasteiger partial charge in [-0.2, -0.15) is 0 Å². The van der Waals surface area contributed by atoms with E-state index in [1.165, 1.54) is 37.7 Å². The van der Waals surface area contributed by atoms with E-state index in [1.807, 2.05) is 18.2 Å². The first-order valence-corrected chi connectivity index (χ1v) is 8.28. The monoisotopic (exact) mass is 293 g/mol. The zero-order chi connectivity index (χ0) is 13.9. The second-order valence-corrected chi connectivity index (χ2v) is 6.73. The molecular formula is C17H24ClNO. The smallest absolute Gasteiger partial charge is 0.123 e. The highest BCUT2D eigenvalue weighted by Crippen LogP contribution is 2.31. The van der Waals surface area contributed by atoms with Gasteiger partial charge in [0.25, 0.3) is 0 Å². The zero-order valence-electron chi connectivity index (χ0n) is 12.2. The Bertz CT molecular complexity index is 456. The van der Waals surface area contributed by atoms with Gasteiger partial charge in [0, 0.05) is 24.0 Å². The van der Waals surface area contributed by atoms with E-state index in [1.54, 1.807) is 0 Å². The molecular weight excluding hydrogens is 270 g/mol. The molecule has 1 aliphatic carbocycles. The van der Waals surface area contributed by atoms with E-state index >= 15 is 0 Å². The molecule has 0 bridgehead atoms. The van der Waals surface area contributed by atoms with E-state index < -0.39 is 0 Å². The van der Waals surface area contributed by atoms with Crippen molar-refractivity contribution in [3.8, 4) is 5.75 Å². The van der Waals surface area contributed by atoms with E-state index in [2.05, 4.69) is 12.2 Å². The highest BCUT2D eigenvalue weighted by atomic mass is 35.5. The quantitative estimate of drug-likeness (QED) is 0.898. The predicted octanol–water partition coefficient (Wildman–Crippen LogP) is 4.20. The van der Waals surface area contributed by atoms with E-state index in [4.69, 9.17) is 16.3 Å². The predicted molar refractivity (Wildman–Crippen MR) is 83.6 cm³/mol. The van der Waals surface area contributed by atoms with Crippen LogP contribution in [0.15, 0.2) is 18.2 Å². The highest BCUT2D eigenvalue weighted by molar-refractivity contribution is 6.30. The van der Waals surface area contributed by atoms with Crippen molar-refractivity contribution in [1.82, 2.24) is 5.32 Å². The number of halogens is 1. The third-order valence-corrected chi connectivity index (χ3v) is 5.02. The largest absolute Gasteiger partial charge is 0.488 e. The molecule has 2 nitrogen and oxygen atoms in total. The zero-order valence-corrected chi connectivity index (χ0v) is 13.0. The maximum Gasteiger partial charge on any atom is 0.123 e. The Morgan fingerprint density at radius 3 is 2.90 bits per heavy atom. The molecule has 1 N–H and O–H groups in total. The van der Waals surface area contributed by atoms with Gasteiger partial charge < -0.3 is 10.1 Å². The molecule has 1 aromatic rings. The van der Waals surface area contributed by atoms with Crippen LogP contribution in [-0.2, 0) is 6.42 Å². The Morgan fingerprint density at radius 2 is 2.10 bits per heavy atom. The third kappa shape index (κ3) is 3.29. The lowest BCUT2D eigenvalue weighted by Crippen LogP contribution is -2.40. The fourth-order valence-corrected chi connectivity index (χ4v) is 3.72. The molecule has 3 rings (SSSR count).